The summed E-state index contributed by atoms with van der Waals surface area (Å²) in [6.45, 7) is 5.55. The summed E-state index contributed by atoms with van der Waals surface area (Å²) in [5, 5.41) is 13.1. The van der Waals surface area contributed by atoms with Gasteiger partial charge in [0.2, 0.25) is 0 Å². The number of nitrogens with zero attached hydrogens (tertiary/aromatic N) is 4. The molecule has 0 radical (unpaired) electrons. The quantitative estimate of drug-likeness (QED) is 0.816. The van der Waals surface area contributed by atoms with Crippen molar-refractivity contribution in [2.24, 2.45) is 0 Å². The topological polar surface area (TPSA) is 72.7 Å². The molecule has 0 aliphatic carbocycles. The van der Waals surface area contributed by atoms with Crippen LogP contribution in [0.5, 0.6) is 0 Å². The normalized spacial score (nSPS) is 10.9. The molecule has 102 valence electrons. The second-order valence-electron chi connectivity index (χ2n) is 4.53. The number of hydrogen-bond donors (Lipinski definition) is 1. The van der Waals surface area contributed by atoms with Gasteiger partial charge in [-0.15, -0.1) is 21.5 Å². The third-order valence-electron chi connectivity index (χ3n) is 2.59. The van der Waals surface area contributed by atoms with Crippen molar-refractivity contribution in [2.75, 3.05) is 6.54 Å². The first-order valence-electron chi connectivity index (χ1n) is 6.23. The van der Waals surface area contributed by atoms with Crippen LogP contribution in [0.3, 0.4) is 0 Å². The maximum atomic E-state index is 11.8. The maximum absolute atomic E-state index is 11.8. The van der Waals surface area contributed by atoms with Gasteiger partial charge in [-0.1, -0.05) is 13.8 Å². The third kappa shape index (κ3) is 3.85. The minimum Gasteiger partial charge on any atom is -0.351 e. The lowest BCUT2D eigenvalue weighted by Crippen LogP contribution is -2.25. The number of rotatable bonds is 6. The van der Waals surface area contributed by atoms with Crippen LogP contribution >= 0.6 is 11.3 Å². The Kier molecular flexibility index (Phi) is 4.62. The zero-order valence-electron chi connectivity index (χ0n) is 11.0. The summed E-state index contributed by atoms with van der Waals surface area (Å²) in [6.07, 6.45) is 4.17. The summed E-state index contributed by atoms with van der Waals surface area (Å²) < 4.78 is 1.88. The lowest BCUT2D eigenvalue weighted by atomic mass is 10.2. The van der Waals surface area contributed by atoms with Crippen LogP contribution in [0, 0.1) is 0 Å². The number of carbonyl (C=O) groups excluding carboxylic acids is 1. The Morgan fingerprint density at radius 1 is 1.42 bits per heavy atom. The summed E-state index contributed by atoms with van der Waals surface area (Å²) in [7, 11) is 0. The van der Waals surface area contributed by atoms with E-state index < -0.39 is 0 Å². The molecule has 0 aromatic carbocycles. The van der Waals surface area contributed by atoms with Crippen LogP contribution in [0.15, 0.2) is 18.0 Å². The van der Waals surface area contributed by atoms with Gasteiger partial charge in [0.1, 0.15) is 18.3 Å². The van der Waals surface area contributed by atoms with Gasteiger partial charge in [-0.05, 0) is 6.42 Å². The number of aryl methyl sites for hydroxylation is 1. The third-order valence-corrected chi connectivity index (χ3v) is 3.74. The van der Waals surface area contributed by atoms with Gasteiger partial charge in [0.05, 0.1) is 5.01 Å². The van der Waals surface area contributed by atoms with Gasteiger partial charge in [-0.3, -0.25) is 4.79 Å². The predicted octanol–water partition coefficient (Wildman–Crippen LogP) is 1.68. The monoisotopic (exact) mass is 279 g/mol. The number of thiazole rings is 1. The molecule has 0 saturated heterocycles. The van der Waals surface area contributed by atoms with Gasteiger partial charge < -0.3 is 9.88 Å². The molecule has 1 amide bonds. The van der Waals surface area contributed by atoms with Crippen molar-refractivity contribution in [3.8, 4) is 0 Å². The fourth-order valence-corrected chi connectivity index (χ4v) is 2.36. The molecule has 0 atom stereocenters. The van der Waals surface area contributed by atoms with Gasteiger partial charge >= 0.3 is 0 Å². The first-order chi connectivity index (χ1) is 9.16. The summed E-state index contributed by atoms with van der Waals surface area (Å²) in [6, 6.07) is 0. The molecule has 0 aliphatic heterocycles. The molecule has 2 heterocycles. The molecule has 1 N–H and O–H groups in total. The SMILES string of the molecule is CC(C)c1nc(C(=O)NCCCn2cnnc2)cs1. The van der Waals surface area contributed by atoms with Gasteiger partial charge in [0.25, 0.3) is 5.91 Å². The maximum Gasteiger partial charge on any atom is 0.270 e. The van der Waals surface area contributed by atoms with E-state index in [0.717, 1.165) is 18.0 Å². The Labute approximate surface area is 115 Å². The van der Waals surface area contributed by atoms with Crippen molar-refractivity contribution in [3.63, 3.8) is 0 Å². The van der Waals surface area contributed by atoms with Gasteiger partial charge in [0, 0.05) is 24.4 Å². The van der Waals surface area contributed by atoms with Crippen molar-refractivity contribution >= 4 is 17.2 Å². The van der Waals surface area contributed by atoms with Crippen molar-refractivity contribution in [2.45, 2.75) is 32.7 Å². The van der Waals surface area contributed by atoms with Crippen molar-refractivity contribution < 1.29 is 4.79 Å². The Morgan fingerprint density at radius 2 is 2.16 bits per heavy atom. The first kappa shape index (κ1) is 13.7. The molecule has 0 saturated carbocycles. The van der Waals surface area contributed by atoms with Crippen LogP contribution in [0.2, 0.25) is 0 Å². The van der Waals surface area contributed by atoms with Gasteiger partial charge in [-0.2, -0.15) is 0 Å². The zero-order chi connectivity index (χ0) is 13.7. The van der Waals surface area contributed by atoms with E-state index in [4.69, 9.17) is 0 Å². The van der Waals surface area contributed by atoms with E-state index in [1.54, 1.807) is 12.7 Å². The first-order valence-corrected chi connectivity index (χ1v) is 7.11. The highest BCUT2D eigenvalue weighted by atomic mass is 32.1. The lowest BCUT2D eigenvalue weighted by Gasteiger charge is -2.03. The standard InChI is InChI=1S/C12H17N5OS/c1-9(2)12-16-10(6-19-12)11(18)13-4-3-5-17-7-14-15-8-17/h6-9H,3-5H2,1-2H3,(H,13,18). The predicted molar refractivity (Wildman–Crippen MR) is 73.2 cm³/mol. The molecule has 0 fully saturated rings. The highest BCUT2D eigenvalue weighted by Gasteiger charge is 2.11. The number of aromatic nitrogens is 4. The van der Waals surface area contributed by atoms with E-state index in [1.807, 2.05) is 9.95 Å². The Balaban J connectivity index is 1.74. The van der Waals surface area contributed by atoms with Crippen molar-refractivity contribution in [1.29, 1.82) is 0 Å². The number of amides is 1. The molecule has 0 unspecified atom stereocenters. The molecular formula is C12H17N5OS. The molecule has 2 rings (SSSR count). The van der Waals surface area contributed by atoms with Crippen LogP contribution in [-0.4, -0.2) is 32.2 Å². The fraction of sp³-hybridized carbons (Fsp3) is 0.500. The Bertz CT molecular complexity index is 520. The van der Waals surface area contributed by atoms with Crippen LogP contribution < -0.4 is 5.32 Å². The highest BCUT2D eigenvalue weighted by Crippen LogP contribution is 2.18. The average molecular weight is 279 g/mol. The van der Waals surface area contributed by atoms with E-state index in [9.17, 15) is 4.79 Å². The average Bonchev–Trinajstić information content (AvgIpc) is 3.05. The van der Waals surface area contributed by atoms with E-state index in [0.29, 0.717) is 18.2 Å². The minimum atomic E-state index is -0.105. The molecule has 6 nitrogen and oxygen atoms in total. The number of nitrogens with one attached hydrogen (secondary N) is 1. The van der Waals surface area contributed by atoms with E-state index in [2.05, 4.69) is 34.3 Å². The molecule has 2 aromatic heterocycles. The van der Waals surface area contributed by atoms with E-state index in [1.165, 1.54) is 11.3 Å². The Hall–Kier alpha value is -1.76. The van der Waals surface area contributed by atoms with E-state index >= 15 is 0 Å². The zero-order valence-corrected chi connectivity index (χ0v) is 11.9. The van der Waals surface area contributed by atoms with Crippen molar-refractivity contribution in [1.82, 2.24) is 25.1 Å². The molecular weight excluding hydrogens is 262 g/mol. The van der Waals surface area contributed by atoms with Crippen LogP contribution in [0.25, 0.3) is 0 Å². The van der Waals surface area contributed by atoms with Crippen LogP contribution in [0.4, 0.5) is 0 Å². The van der Waals surface area contributed by atoms with Crippen LogP contribution in [0.1, 0.15) is 41.7 Å². The number of hydrogen-bond acceptors (Lipinski definition) is 5. The summed E-state index contributed by atoms with van der Waals surface area (Å²) in [5.74, 6) is 0.257. The summed E-state index contributed by atoms with van der Waals surface area (Å²) in [4.78, 5) is 16.2. The molecule has 0 bridgehead atoms. The van der Waals surface area contributed by atoms with Gasteiger partial charge in [-0.25, -0.2) is 4.98 Å². The highest BCUT2D eigenvalue weighted by molar-refractivity contribution is 7.09. The smallest absolute Gasteiger partial charge is 0.270 e. The molecule has 2 aromatic rings. The van der Waals surface area contributed by atoms with Crippen molar-refractivity contribution in [3.05, 3.63) is 28.7 Å². The fourth-order valence-electron chi connectivity index (χ4n) is 1.55. The summed E-state index contributed by atoms with van der Waals surface area (Å²) in [5.41, 5.74) is 0.512. The lowest BCUT2D eigenvalue weighted by molar-refractivity contribution is 0.0948. The molecule has 0 aliphatic rings. The van der Waals surface area contributed by atoms with Gasteiger partial charge in [0.15, 0.2) is 0 Å². The molecule has 7 heteroatoms. The summed E-state index contributed by atoms with van der Waals surface area (Å²) >= 11 is 1.53. The largest absolute Gasteiger partial charge is 0.351 e. The molecule has 0 spiro atoms. The van der Waals surface area contributed by atoms with E-state index in [-0.39, 0.29) is 5.91 Å². The second-order valence-corrected chi connectivity index (χ2v) is 5.42. The second kappa shape index (κ2) is 6.42. The van der Waals surface area contributed by atoms with Crippen LogP contribution in [-0.2, 0) is 6.54 Å². The minimum absolute atomic E-state index is 0.105. The Morgan fingerprint density at radius 3 is 2.79 bits per heavy atom. The number of carbonyl (C=O) groups is 1. The molecule has 19 heavy (non-hydrogen) atoms.